The Morgan fingerprint density at radius 2 is 1.78 bits per heavy atom. The van der Waals surface area contributed by atoms with E-state index in [0.29, 0.717) is 0 Å². The van der Waals surface area contributed by atoms with Crippen molar-refractivity contribution in [2.45, 2.75) is 59.5 Å². The molecule has 2 N–H and O–H groups in total. The zero-order chi connectivity index (χ0) is 14.2. The number of nitrogens with one attached hydrogen (secondary N) is 2. The minimum Gasteiger partial charge on any atom is -0.350 e. The molecule has 0 fully saturated rings. The Bertz CT molecular complexity index is 232. The number of amides is 1. The first kappa shape index (κ1) is 17.4. The van der Waals surface area contributed by atoms with Crippen molar-refractivity contribution in [3.8, 4) is 0 Å². The Morgan fingerprint density at radius 3 is 2.22 bits per heavy atom. The third-order valence-corrected chi connectivity index (χ3v) is 2.89. The number of carbonyl (C=O) groups is 1. The molecule has 18 heavy (non-hydrogen) atoms. The van der Waals surface area contributed by atoms with Crippen LogP contribution in [0.1, 0.15) is 48.0 Å². The van der Waals surface area contributed by atoms with Gasteiger partial charge in [0.05, 0.1) is 6.04 Å². The molecular weight excluding hydrogens is 226 g/mol. The van der Waals surface area contributed by atoms with Gasteiger partial charge in [0, 0.05) is 5.54 Å². The molecule has 108 valence electrons. The van der Waals surface area contributed by atoms with Gasteiger partial charge in [0.15, 0.2) is 0 Å². The van der Waals surface area contributed by atoms with E-state index in [1.807, 2.05) is 27.7 Å². The van der Waals surface area contributed by atoms with Crippen molar-refractivity contribution < 1.29 is 4.79 Å². The number of carbonyl (C=O) groups excluding carboxylic acids is 1. The zero-order valence-corrected chi connectivity index (χ0v) is 13.0. The van der Waals surface area contributed by atoms with E-state index in [0.717, 1.165) is 32.6 Å². The van der Waals surface area contributed by atoms with Crippen molar-refractivity contribution in [1.82, 2.24) is 15.5 Å². The van der Waals surface area contributed by atoms with Crippen molar-refractivity contribution in [3.63, 3.8) is 0 Å². The van der Waals surface area contributed by atoms with E-state index in [4.69, 9.17) is 0 Å². The van der Waals surface area contributed by atoms with E-state index in [9.17, 15) is 4.79 Å². The average molecular weight is 257 g/mol. The van der Waals surface area contributed by atoms with Gasteiger partial charge < -0.3 is 15.5 Å². The first-order valence-corrected chi connectivity index (χ1v) is 7.08. The summed E-state index contributed by atoms with van der Waals surface area (Å²) in [6.07, 6.45) is 1.08. The molecule has 0 aromatic heterocycles. The fourth-order valence-electron chi connectivity index (χ4n) is 1.73. The van der Waals surface area contributed by atoms with Crippen molar-refractivity contribution >= 4 is 5.91 Å². The molecule has 0 aliphatic heterocycles. The van der Waals surface area contributed by atoms with E-state index >= 15 is 0 Å². The highest BCUT2D eigenvalue weighted by molar-refractivity contribution is 5.81. The van der Waals surface area contributed by atoms with Gasteiger partial charge in [-0.25, -0.2) is 0 Å². The number of rotatable bonds is 8. The molecule has 1 amide bonds. The van der Waals surface area contributed by atoms with Gasteiger partial charge >= 0.3 is 0 Å². The average Bonchev–Trinajstić information content (AvgIpc) is 2.26. The highest BCUT2D eigenvalue weighted by atomic mass is 16.2. The summed E-state index contributed by atoms with van der Waals surface area (Å²) in [5.41, 5.74) is -0.158. The first-order chi connectivity index (χ1) is 8.30. The Balaban J connectivity index is 3.76. The summed E-state index contributed by atoms with van der Waals surface area (Å²) in [5, 5.41) is 6.25. The standard InChI is InChI=1S/C14H31N3O/c1-7-17(8-2)11-9-10-15-12(3)13(18)16-14(4,5)6/h12,15H,7-11H2,1-6H3,(H,16,18). The molecule has 0 aromatic carbocycles. The van der Waals surface area contributed by atoms with E-state index in [1.54, 1.807) is 0 Å². The summed E-state index contributed by atoms with van der Waals surface area (Å²) in [4.78, 5) is 14.2. The minimum atomic E-state index is -0.158. The molecule has 0 aliphatic carbocycles. The summed E-state index contributed by atoms with van der Waals surface area (Å²) >= 11 is 0. The Labute approximate surface area is 113 Å². The molecule has 0 bridgehead atoms. The normalized spacial score (nSPS) is 13.7. The molecule has 0 rings (SSSR count). The second-order valence-corrected chi connectivity index (χ2v) is 5.80. The lowest BCUT2D eigenvalue weighted by Gasteiger charge is -2.24. The van der Waals surface area contributed by atoms with Gasteiger partial charge in [-0.05, 0) is 60.3 Å². The van der Waals surface area contributed by atoms with Crippen LogP contribution in [0.25, 0.3) is 0 Å². The molecule has 1 unspecified atom stereocenters. The maximum atomic E-state index is 11.8. The predicted molar refractivity (Wildman–Crippen MR) is 77.8 cm³/mol. The van der Waals surface area contributed by atoms with Crippen LogP contribution in [-0.4, -0.2) is 48.6 Å². The van der Waals surface area contributed by atoms with E-state index in [-0.39, 0.29) is 17.5 Å². The topological polar surface area (TPSA) is 44.4 Å². The lowest BCUT2D eigenvalue weighted by Crippen LogP contribution is -2.49. The maximum absolute atomic E-state index is 11.8. The predicted octanol–water partition coefficient (Wildman–Crippen LogP) is 1.61. The molecular formula is C14H31N3O. The molecule has 0 saturated carbocycles. The Morgan fingerprint density at radius 1 is 1.22 bits per heavy atom. The SMILES string of the molecule is CCN(CC)CCCNC(C)C(=O)NC(C)(C)C. The number of hydrogen-bond acceptors (Lipinski definition) is 3. The second-order valence-electron chi connectivity index (χ2n) is 5.80. The highest BCUT2D eigenvalue weighted by Crippen LogP contribution is 1.99. The largest absolute Gasteiger partial charge is 0.350 e. The lowest BCUT2D eigenvalue weighted by atomic mass is 10.1. The molecule has 0 aromatic rings. The smallest absolute Gasteiger partial charge is 0.237 e. The van der Waals surface area contributed by atoms with Crippen LogP contribution in [0.5, 0.6) is 0 Å². The lowest BCUT2D eigenvalue weighted by molar-refractivity contribution is -0.124. The van der Waals surface area contributed by atoms with Crippen molar-refractivity contribution in [2.75, 3.05) is 26.2 Å². The second kappa shape index (κ2) is 8.48. The molecule has 1 atom stereocenters. The summed E-state index contributed by atoms with van der Waals surface area (Å²) < 4.78 is 0. The molecule has 0 spiro atoms. The van der Waals surface area contributed by atoms with Crippen molar-refractivity contribution in [3.05, 3.63) is 0 Å². The van der Waals surface area contributed by atoms with Gasteiger partial charge in [0.2, 0.25) is 5.91 Å². The van der Waals surface area contributed by atoms with E-state index in [2.05, 4.69) is 29.4 Å². The van der Waals surface area contributed by atoms with Gasteiger partial charge in [0.1, 0.15) is 0 Å². The van der Waals surface area contributed by atoms with Gasteiger partial charge in [-0.3, -0.25) is 4.79 Å². The van der Waals surface area contributed by atoms with Gasteiger partial charge in [-0.1, -0.05) is 13.8 Å². The van der Waals surface area contributed by atoms with Crippen LogP contribution in [0.2, 0.25) is 0 Å². The fraction of sp³-hybridized carbons (Fsp3) is 0.929. The van der Waals surface area contributed by atoms with Gasteiger partial charge in [-0.2, -0.15) is 0 Å². The van der Waals surface area contributed by atoms with E-state index < -0.39 is 0 Å². The zero-order valence-electron chi connectivity index (χ0n) is 13.0. The van der Waals surface area contributed by atoms with Crippen molar-refractivity contribution in [2.24, 2.45) is 0 Å². The first-order valence-electron chi connectivity index (χ1n) is 7.08. The van der Waals surface area contributed by atoms with Gasteiger partial charge in [-0.15, -0.1) is 0 Å². The van der Waals surface area contributed by atoms with Crippen LogP contribution in [0, 0.1) is 0 Å². The van der Waals surface area contributed by atoms with Gasteiger partial charge in [0.25, 0.3) is 0 Å². The quantitative estimate of drug-likeness (QED) is 0.649. The van der Waals surface area contributed by atoms with Crippen molar-refractivity contribution in [1.29, 1.82) is 0 Å². The maximum Gasteiger partial charge on any atom is 0.237 e. The van der Waals surface area contributed by atoms with Crippen LogP contribution >= 0.6 is 0 Å². The Hall–Kier alpha value is -0.610. The highest BCUT2D eigenvalue weighted by Gasteiger charge is 2.18. The fourth-order valence-corrected chi connectivity index (χ4v) is 1.73. The summed E-state index contributed by atoms with van der Waals surface area (Å²) in [6.45, 7) is 16.4. The molecule has 0 heterocycles. The van der Waals surface area contributed by atoms with E-state index in [1.165, 1.54) is 0 Å². The summed E-state index contributed by atoms with van der Waals surface area (Å²) in [7, 11) is 0. The molecule has 4 nitrogen and oxygen atoms in total. The monoisotopic (exact) mass is 257 g/mol. The molecule has 0 radical (unpaired) electrons. The molecule has 0 saturated heterocycles. The van der Waals surface area contributed by atoms with Crippen LogP contribution in [0.4, 0.5) is 0 Å². The molecule has 4 heteroatoms. The number of nitrogens with zero attached hydrogens (tertiary/aromatic N) is 1. The third-order valence-electron chi connectivity index (χ3n) is 2.89. The van der Waals surface area contributed by atoms with Crippen LogP contribution in [0.3, 0.4) is 0 Å². The summed E-state index contributed by atoms with van der Waals surface area (Å²) in [6, 6.07) is -0.124. The third kappa shape index (κ3) is 8.48. The van der Waals surface area contributed by atoms with Crippen LogP contribution in [-0.2, 0) is 4.79 Å². The molecule has 0 aliphatic rings. The number of hydrogen-bond donors (Lipinski definition) is 2. The van der Waals surface area contributed by atoms with Crippen LogP contribution < -0.4 is 10.6 Å². The minimum absolute atomic E-state index is 0.0744. The van der Waals surface area contributed by atoms with Crippen LogP contribution in [0.15, 0.2) is 0 Å². The summed E-state index contributed by atoms with van der Waals surface area (Å²) in [5.74, 6) is 0.0744. The Kier molecular flexibility index (Phi) is 8.20.